The number of rotatable bonds is 5. The van der Waals surface area contributed by atoms with Gasteiger partial charge in [0.15, 0.2) is 5.69 Å². The largest absolute Gasteiger partial charge is 0.447 e. The topological polar surface area (TPSA) is 59.9 Å². The lowest BCUT2D eigenvalue weighted by atomic mass is 10.1. The predicted octanol–water partition coefficient (Wildman–Crippen LogP) is 5.30. The molecule has 0 amide bonds. The number of hydrogen-bond acceptors (Lipinski definition) is 7. The van der Waals surface area contributed by atoms with E-state index >= 15 is 0 Å². The molecule has 0 bridgehead atoms. The highest BCUT2D eigenvalue weighted by atomic mass is 32.2. The lowest BCUT2D eigenvalue weighted by molar-refractivity contribution is 0.228. The molecule has 0 saturated carbocycles. The lowest BCUT2D eigenvalue weighted by Crippen LogP contribution is -2.16. The average molecular weight is 385 g/mol. The average Bonchev–Trinajstić information content (AvgIpc) is 3.01. The highest BCUT2D eigenvalue weighted by molar-refractivity contribution is 7.99. The van der Waals surface area contributed by atoms with Crippen LogP contribution in [0, 0.1) is 6.92 Å². The maximum absolute atomic E-state index is 6.28. The van der Waals surface area contributed by atoms with Crippen molar-refractivity contribution in [2.24, 2.45) is 0 Å². The third-order valence-corrected chi connectivity index (χ3v) is 6.19. The van der Waals surface area contributed by atoms with E-state index in [1.807, 2.05) is 24.3 Å². The van der Waals surface area contributed by atoms with Crippen molar-refractivity contribution in [3.8, 4) is 17.1 Å². The van der Waals surface area contributed by atoms with Crippen LogP contribution in [0.25, 0.3) is 11.3 Å². The summed E-state index contributed by atoms with van der Waals surface area (Å²) >= 11 is 3.30. The molecular weight excluding hydrogens is 364 g/mol. The summed E-state index contributed by atoms with van der Waals surface area (Å²) < 4.78 is 6.28. The second kappa shape index (κ2) is 7.63. The summed E-state index contributed by atoms with van der Waals surface area (Å²) in [5.74, 6) is 1.52. The summed E-state index contributed by atoms with van der Waals surface area (Å²) in [7, 11) is 0. The summed E-state index contributed by atoms with van der Waals surface area (Å²) in [6, 6.07) is 10.2. The van der Waals surface area contributed by atoms with Crippen LogP contribution in [0.15, 0.2) is 40.9 Å². The summed E-state index contributed by atoms with van der Waals surface area (Å²) in [6.45, 7) is 4.27. The number of aromatic nitrogens is 3. The molecule has 1 atom stereocenters. The fourth-order valence-corrected chi connectivity index (χ4v) is 4.55. The number of benzene rings is 1. The first kappa shape index (κ1) is 17.3. The van der Waals surface area contributed by atoms with Crippen LogP contribution in [-0.2, 0) is 0 Å². The number of fused-ring (bicyclic) bond motifs is 3. The Hall–Kier alpha value is -2.12. The lowest BCUT2D eigenvalue weighted by Gasteiger charge is -2.18. The van der Waals surface area contributed by atoms with Gasteiger partial charge in [-0.25, -0.2) is 0 Å². The van der Waals surface area contributed by atoms with Crippen LogP contribution >= 0.6 is 23.1 Å². The SMILES string of the molecule is CCCCSc1nnc2c(n1)O[C@@H](c1sccc1C)Nc1ccccc1-2. The highest BCUT2D eigenvalue weighted by Crippen LogP contribution is 2.40. The van der Waals surface area contributed by atoms with Crippen LogP contribution in [0.5, 0.6) is 5.88 Å². The number of hydrogen-bond donors (Lipinski definition) is 1. The highest BCUT2D eigenvalue weighted by Gasteiger charge is 2.27. The smallest absolute Gasteiger partial charge is 0.247 e. The Balaban J connectivity index is 1.75. The first-order valence-electron chi connectivity index (χ1n) is 8.70. The van der Waals surface area contributed by atoms with Gasteiger partial charge in [0.05, 0.1) is 4.88 Å². The molecule has 134 valence electrons. The molecular formula is C19H20N4OS2. The van der Waals surface area contributed by atoms with Crippen molar-refractivity contribution in [3.05, 3.63) is 46.2 Å². The number of nitrogens with one attached hydrogen (secondary N) is 1. The van der Waals surface area contributed by atoms with Crippen LogP contribution in [0.4, 0.5) is 5.69 Å². The molecule has 26 heavy (non-hydrogen) atoms. The molecule has 0 saturated heterocycles. The van der Waals surface area contributed by atoms with Crippen LogP contribution in [0.2, 0.25) is 0 Å². The number of ether oxygens (including phenoxy) is 1. The molecule has 1 aliphatic rings. The van der Waals surface area contributed by atoms with Crippen molar-refractivity contribution < 1.29 is 4.74 Å². The Kier molecular flexibility index (Phi) is 5.08. The first-order chi connectivity index (χ1) is 12.8. The van der Waals surface area contributed by atoms with E-state index in [0.717, 1.165) is 34.7 Å². The molecule has 3 aromatic rings. The van der Waals surface area contributed by atoms with Gasteiger partial charge < -0.3 is 10.1 Å². The van der Waals surface area contributed by atoms with Gasteiger partial charge in [0.1, 0.15) is 0 Å². The van der Waals surface area contributed by atoms with Gasteiger partial charge in [-0.2, -0.15) is 4.98 Å². The minimum atomic E-state index is -0.289. The van der Waals surface area contributed by atoms with Crippen molar-refractivity contribution in [1.29, 1.82) is 0 Å². The summed E-state index contributed by atoms with van der Waals surface area (Å²) in [4.78, 5) is 5.81. The van der Waals surface area contributed by atoms with E-state index in [-0.39, 0.29) is 6.23 Å². The monoisotopic (exact) mass is 384 g/mol. The molecule has 1 aliphatic heterocycles. The van der Waals surface area contributed by atoms with Gasteiger partial charge in [0, 0.05) is 17.0 Å². The molecule has 5 nitrogen and oxygen atoms in total. The summed E-state index contributed by atoms with van der Waals surface area (Å²) in [5, 5.41) is 15.0. The Labute approximate surface area is 161 Å². The predicted molar refractivity (Wildman–Crippen MR) is 107 cm³/mol. The Bertz CT molecular complexity index is 912. The van der Waals surface area contributed by atoms with Crippen LogP contribution in [-0.4, -0.2) is 20.9 Å². The van der Waals surface area contributed by atoms with E-state index in [0.29, 0.717) is 16.7 Å². The molecule has 0 unspecified atom stereocenters. The normalized spacial score (nSPS) is 15.4. The van der Waals surface area contributed by atoms with Crippen LogP contribution in [0.3, 0.4) is 0 Å². The van der Waals surface area contributed by atoms with E-state index in [1.54, 1.807) is 23.1 Å². The molecule has 0 radical (unpaired) electrons. The van der Waals surface area contributed by atoms with E-state index in [2.05, 4.69) is 45.8 Å². The maximum Gasteiger partial charge on any atom is 0.247 e. The number of aryl methyl sites for hydroxylation is 1. The summed E-state index contributed by atoms with van der Waals surface area (Å²) in [6.07, 6.45) is 1.99. The van der Waals surface area contributed by atoms with Gasteiger partial charge in [-0.15, -0.1) is 21.5 Å². The van der Waals surface area contributed by atoms with Gasteiger partial charge in [-0.3, -0.25) is 0 Å². The number of para-hydroxylation sites is 1. The minimum Gasteiger partial charge on any atom is -0.447 e. The van der Waals surface area contributed by atoms with Crippen LogP contribution < -0.4 is 10.1 Å². The fourth-order valence-electron chi connectivity index (χ4n) is 2.79. The molecule has 4 rings (SSSR count). The molecule has 1 aromatic carbocycles. The van der Waals surface area contributed by atoms with Crippen LogP contribution in [0.1, 0.15) is 36.4 Å². The van der Waals surface area contributed by atoms with Crippen molar-refractivity contribution in [2.75, 3.05) is 11.1 Å². The number of thioether (sulfide) groups is 1. The molecule has 0 fully saturated rings. The number of nitrogens with zero attached hydrogens (tertiary/aromatic N) is 3. The van der Waals surface area contributed by atoms with Crippen molar-refractivity contribution >= 4 is 28.8 Å². The fraction of sp³-hybridized carbons (Fsp3) is 0.316. The quantitative estimate of drug-likeness (QED) is 0.475. The van der Waals surface area contributed by atoms with Gasteiger partial charge in [-0.1, -0.05) is 43.3 Å². The van der Waals surface area contributed by atoms with Gasteiger partial charge in [0.25, 0.3) is 0 Å². The molecule has 1 N–H and O–H groups in total. The molecule has 7 heteroatoms. The first-order valence-corrected chi connectivity index (χ1v) is 10.6. The van der Waals surface area contributed by atoms with Crippen molar-refractivity contribution in [3.63, 3.8) is 0 Å². The van der Waals surface area contributed by atoms with Crippen molar-refractivity contribution in [2.45, 2.75) is 38.1 Å². The van der Waals surface area contributed by atoms with Gasteiger partial charge in [0.2, 0.25) is 17.3 Å². The Morgan fingerprint density at radius 2 is 2.12 bits per heavy atom. The van der Waals surface area contributed by atoms with Gasteiger partial charge >= 0.3 is 0 Å². The molecule has 3 heterocycles. The Morgan fingerprint density at radius 3 is 2.92 bits per heavy atom. The van der Waals surface area contributed by atoms with Crippen molar-refractivity contribution in [1.82, 2.24) is 15.2 Å². The zero-order valence-electron chi connectivity index (χ0n) is 14.7. The van der Waals surface area contributed by atoms with E-state index in [9.17, 15) is 0 Å². The minimum absolute atomic E-state index is 0.289. The summed E-state index contributed by atoms with van der Waals surface area (Å²) in [5.41, 5.74) is 3.83. The van der Waals surface area contributed by atoms with Gasteiger partial charge in [-0.05, 0) is 36.4 Å². The van der Waals surface area contributed by atoms with E-state index < -0.39 is 0 Å². The van der Waals surface area contributed by atoms with E-state index in [4.69, 9.17) is 4.74 Å². The third-order valence-electron chi connectivity index (χ3n) is 4.20. The Morgan fingerprint density at radius 1 is 1.23 bits per heavy atom. The molecule has 2 aromatic heterocycles. The zero-order chi connectivity index (χ0) is 17.9. The molecule has 0 spiro atoms. The maximum atomic E-state index is 6.28. The number of unbranched alkanes of at least 4 members (excludes halogenated alkanes) is 1. The second-order valence-corrected chi connectivity index (χ2v) is 8.12. The molecule has 0 aliphatic carbocycles. The number of thiophene rings is 1. The zero-order valence-corrected chi connectivity index (χ0v) is 16.4. The standard InChI is InChI=1S/C19H20N4OS2/c1-3-4-10-26-19-21-17-15(22-23-19)13-7-5-6-8-14(13)20-18(24-17)16-12(2)9-11-25-16/h5-9,11,18,20H,3-4,10H2,1-2H3/t18-/m0/s1. The number of anilines is 1. The second-order valence-electron chi connectivity index (χ2n) is 6.11. The van der Waals surface area contributed by atoms with E-state index in [1.165, 1.54) is 5.56 Å². The third kappa shape index (κ3) is 3.41.